The van der Waals surface area contributed by atoms with Crippen LogP contribution in [-0.4, -0.2) is 37.2 Å². The zero-order valence-electron chi connectivity index (χ0n) is 18.9. The third-order valence-corrected chi connectivity index (χ3v) is 5.09. The number of fused-ring (bicyclic) bond motifs is 1. The van der Waals surface area contributed by atoms with Gasteiger partial charge in [0.25, 0.3) is 5.91 Å². The van der Waals surface area contributed by atoms with E-state index in [2.05, 4.69) is 5.32 Å². The molecule has 0 aliphatic carbocycles. The summed E-state index contributed by atoms with van der Waals surface area (Å²) in [5.41, 5.74) is 3.16. The third kappa shape index (κ3) is 5.15. The summed E-state index contributed by atoms with van der Waals surface area (Å²) in [5, 5.41) is 3.40. The monoisotopic (exact) mass is 456 g/mol. The van der Waals surface area contributed by atoms with Crippen LogP contribution < -0.4 is 14.8 Å². The number of nitrogens with one attached hydrogen (secondary N) is 1. The molecule has 0 spiro atoms. The van der Waals surface area contributed by atoms with Crippen LogP contribution in [0.1, 0.15) is 17.3 Å². The van der Waals surface area contributed by atoms with Crippen LogP contribution in [0.15, 0.2) is 78.9 Å². The number of para-hydroxylation sites is 2. The second-order valence-electron chi connectivity index (χ2n) is 7.36. The van der Waals surface area contributed by atoms with Gasteiger partial charge in [0.1, 0.15) is 11.5 Å². The Bertz CT molecular complexity index is 1320. The highest BCUT2D eigenvalue weighted by molar-refractivity contribution is 5.98. The van der Waals surface area contributed by atoms with E-state index in [9.17, 15) is 9.59 Å². The maximum Gasteiger partial charge on any atom is 0.338 e. The molecule has 4 rings (SSSR count). The number of hydrogen-bond donors (Lipinski definition) is 1. The van der Waals surface area contributed by atoms with Crippen molar-refractivity contribution in [3.05, 3.63) is 84.4 Å². The molecule has 0 atom stereocenters. The number of aromatic nitrogens is 1. The summed E-state index contributed by atoms with van der Waals surface area (Å²) in [5.74, 6) is 0.203. The van der Waals surface area contributed by atoms with E-state index < -0.39 is 5.97 Å². The van der Waals surface area contributed by atoms with E-state index in [1.807, 2.05) is 36.4 Å². The zero-order valence-corrected chi connectivity index (χ0v) is 18.9. The molecule has 7 nitrogen and oxygen atoms in total. The summed E-state index contributed by atoms with van der Waals surface area (Å²) < 4.78 is 16.3. The van der Waals surface area contributed by atoms with Gasteiger partial charge in [-0.1, -0.05) is 42.5 Å². The lowest BCUT2D eigenvalue weighted by Crippen LogP contribution is -2.20. The van der Waals surface area contributed by atoms with E-state index >= 15 is 0 Å². The first-order valence-electron chi connectivity index (χ1n) is 10.8. The summed E-state index contributed by atoms with van der Waals surface area (Å²) in [7, 11) is 1.54. The van der Waals surface area contributed by atoms with Gasteiger partial charge in [-0.05, 0) is 37.3 Å². The number of pyridine rings is 1. The quantitative estimate of drug-likeness (QED) is 0.371. The Balaban J connectivity index is 1.65. The molecule has 0 bridgehead atoms. The summed E-state index contributed by atoms with van der Waals surface area (Å²) in [6.45, 7) is 1.78. The molecule has 0 aliphatic rings. The average molecular weight is 456 g/mol. The molecule has 1 heterocycles. The van der Waals surface area contributed by atoms with Crippen molar-refractivity contribution in [2.45, 2.75) is 6.92 Å². The number of nitrogens with zero attached hydrogens (tertiary/aromatic N) is 1. The molecule has 172 valence electrons. The SMILES string of the molecule is CCOC(=O)c1ccc2nc(-c3ccccc3)cc(OCC(=O)Nc3ccccc3OC)c2c1. The first kappa shape index (κ1) is 22.8. The normalized spacial score (nSPS) is 10.5. The van der Waals surface area contributed by atoms with Gasteiger partial charge in [0, 0.05) is 17.0 Å². The molecular weight excluding hydrogens is 432 g/mol. The Labute approximate surface area is 197 Å². The van der Waals surface area contributed by atoms with Gasteiger partial charge in [-0.25, -0.2) is 9.78 Å². The molecule has 1 amide bonds. The number of benzene rings is 3. The molecular formula is C27H24N2O5. The number of esters is 1. The third-order valence-electron chi connectivity index (χ3n) is 5.09. The highest BCUT2D eigenvalue weighted by Crippen LogP contribution is 2.31. The van der Waals surface area contributed by atoms with E-state index in [1.165, 1.54) is 7.11 Å². The van der Waals surface area contributed by atoms with Gasteiger partial charge in [-0.2, -0.15) is 0 Å². The smallest absolute Gasteiger partial charge is 0.338 e. The molecule has 1 N–H and O–H groups in total. The minimum atomic E-state index is -0.434. The van der Waals surface area contributed by atoms with Crippen LogP contribution in [0.4, 0.5) is 5.69 Å². The van der Waals surface area contributed by atoms with Gasteiger partial charge in [0.2, 0.25) is 0 Å². The number of carbonyl (C=O) groups is 2. The Hall–Kier alpha value is -4.39. The highest BCUT2D eigenvalue weighted by atomic mass is 16.5. The van der Waals surface area contributed by atoms with Crippen molar-refractivity contribution in [2.24, 2.45) is 0 Å². The fraction of sp³-hybridized carbons (Fsp3) is 0.148. The highest BCUT2D eigenvalue weighted by Gasteiger charge is 2.15. The van der Waals surface area contributed by atoms with Crippen molar-refractivity contribution in [2.75, 3.05) is 25.6 Å². The summed E-state index contributed by atoms with van der Waals surface area (Å²) in [4.78, 5) is 29.6. The van der Waals surface area contributed by atoms with Gasteiger partial charge in [-0.3, -0.25) is 4.79 Å². The lowest BCUT2D eigenvalue weighted by Gasteiger charge is -2.14. The number of hydrogen-bond acceptors (Lipinski definition) is 6. The summed E-state index contributed by atoms with van der Waals surface area (Å²) >= 11 is 0. The van der Waals surface area contributed by atoms with Crippen LogP contribution >= 0.6 is 0 Å². The van der Waals surface area contributed by atoms with Gasteiger partial charge < -0.3 is 19.5 Å². The standard InChI is InChI=1S/C27H24N2O5/c1-3-33-27(31)19-13-14-21-20(15-19)25(16-23(28-21)18-9-5-4-6-10-18)34-17-26(30)29-22-11-7-8-12-24(22)32-2/h4-16H,3,17H2,1-2H3,(H,29,30). The fourth-order valence-corrected chi connectivity index (χ4v) is 3.49. The lowest BCUT2D eigenvalue weighted by atomic mass is 10.1. The molecule has 3 aromatic carbocycles. The van der Waals surface area contributed by atoms with Crippen molar-refractivity contribution in [1.29, 1.82) is 0 Å². The fourth-order valence-electron chi connectivity index (χ4n) is 3.49. The van der Waals surface area contributed by atoms with E-state index in [4.69, 9.17) is 19.2 Å². The van der Waals surface area contributed by atoms with Gasteiger partial charge in [-0.15, -0.1) is 0 Å². The number of ether oxygens (including phenoxy) is 3. The van der Waals surface area contributed by atoms with Crippen molar-refractivity contribution in [3.8, 4) is 22.8 Å². The summed E-state index contributed by atoms with van der Waals surface area (Å²) in [6, 6.07) is 23.6. The molecule has 0 saturated carbocycles. The number of amides is 1. The number of methoxy groups -OCH3 is 1. The Morgan fingerprint density at radius 2 is 1.68 bits per heavy atom. The predicted octanol–water partition coefficient (Wildman–Crippen LogP) is 5.10. The summed E-state index contributed by atoms with van der Waals surface area (Å²) in [6.07, 6.45) is 0. The number of anilines is 1. The Morgan fingerprint density at radius 1 is 0.912 bits per heavy atom. The molecule has 7 heteroatoms. The van der Waals surface area contributed by atoms with E-state index in [1.54, 1.807) is 49.4 Å². The largest absolute Gasteiger partial charge is 0.495 e. The molecule has 0 aliphatic heterocycles. The molecule has 34 heavy (non-hydrogen) atoms. The van der Waals surface area contributed by atoms with Crippen LogP contribution in [0.2, 0.25) is 0 Å². The molecule has 4 aromatic rings. The van der Waals surface area contributed by atoms with Crippen LogP contribution in [0, 0.1) is 0 Å². The van der Waals surface area contributed by atoms with Crippen molar-refractivity contribution < 1.29 is 23.8 Å². The first-order chi connectivity index (χ1) is 16.6. The van der Waals surface area contributed by atoms with E-state index in [-0.39, 0.29) is 19.1 Å². The van der Waals surface area contributed by atoms with Crippen LogP contribution in [0.5, 0.6) is 11.5 Å². The van der Waals surface area contributed by atoms with Crippen molar-refractivity contribution in [3.63, 3.8) is 0 Å². The van der Waals surface area contributed by atoms with Crippen LogP contribution in [-0.2, 0) is 9.53 Å². The number of rotatable bonds is 8. The second-order valence-corrected chi connectivity index (χ2v) is 7.36. The minimum Gasteiger partial charge on any atom is -0.495 e. The van der Waals surface area contributed by atoms with E-state index in [0.29, 0.717) is 39.3 Å². The minimum absolute atomic E-state index is 0.241. The maximum absolute atomic E-state index is 12.6. The topological polar surface area (TPSA) is 86.8 Å². The molecule has 0 radical (unpaired) electrons. The average Bonchev–Trinajstić information content (AvgIpc) is 2.87. The van der Waals surface area contributed by atoms with Crippen molar-refractivity contribution in [1.82, 2.24) is 4.98 Å². The molecule has 0 fully saturated rings. The van der Waals surface area contributed by atoms with E-state index in [0.717, 1.165) is 5.56 Å². The first-order valence-corrected chi connectivity index (χ1v) is 10.8. The number of carbonyl (C=O) groups excluding carboxylic acids is 2. The maximum atomic E-state index is 12.6. The van der Waals surface area contributed by atoms with Gasteiger partial charge in [0.15, 0.2) is 6.61 Å². The van der Waals surface area contributed by atoms with Gasteiger partial charge >= 0.3 is 5.97 Å². The zero-order chi connectivity index (χ0) is 23.9. The lowest BCUT2D eigenvalue weighted by molar-refractivity contribution is -0.118. The second kappa shape index (κ2) is 10.5. The van der Waals surface area contributed by atoms with Crippen LogP contribution in [0.25, 0.3) is 22.2 Å². The molecule has 0 unspecified atom stereocenters. The van der Waals surface area contributed by atoms with Gasteiger partial charge in [0.05, 0.1) is 36.2 Å². The molecule has 0 saturated heterocycles. The van der Waals surface area contributed by atoms with Crippen molar-refractivity contribution >= 4 is 28.5 Å². The molecule has 1 aromatic heterocycles. The van der Waals surface area contributed by atoms with Crippen LogP contribution in [0.3, 0.4) is 0 Å². The predicted molar refractivity (Wildman–Crippen MR) is 130 cm³/mol. The Morgan fingerprint density at radius 3 is 2.44 bits per heavy atom. The Kier molecular flexibility index (Phi) is 7.03.